The predicted molar refractivity (Wildman–Crippen MR) is 130 cm³/mol. The van der Waals surface area contributed by atoms with Gasteiger partial charge in [-0.25, -0.2) is 14.4 Å². The molecule has 1 aliphatic carbocycles. The maximum absolute atomic E-state index is 13.8. The molecule has 1 aromatic heterocycles. The Morgan fingerprint density at radius 2 is 2.03 bits per heavy atom. The first-order valence-corrected chi connectivity index (χ1v) is 11.9. The van der Waals surface area contributed by atoms with Crippen LogP contribution in [0.1, 0.15) is 32.6 Å². The topological polar surface area (TPSA) is 120 Å². The van der Waals surface area contributed by atoms with E-state index in [0.29, 0.717) is 60.2 Å². The highest BCUT2D eigenvalue weighted by molar-refractivity contribution is 7.99. The number of halogens is 1. The molecule has 1 aliphatic heterocycles. The van der Waals surface area contributed by atoms with Crippen LogP contribution in [0, 0.1) is 11.3 Å². The van der Waals surface area contributed by atoms with Gasteiger partial charge in [0, 0.05) is 41.2 Å². The van der Waals surface area contributed by atoms with Gasteiger partial charge in [0.1, 0.15) is 23.6 Å². The van der Waals surface area contributed by atoms with Crippen LogP contribution >= 0.6 is 11.8 Å². The summed E-state index contributed by atoms with van der Waals surface area (Å²) in [5.41, 5.74) is 7.34. The fraction of sp³-hybridized carbons (Fsp3) is 0.391. The molecule has 1 aromatic carbocycles. The third-order valence-corrected chi connectivity index (χ3v) is 6.29. The van der Waals surface area contributed by atoms with Gasteiger partial charge in [0.05, 0.1) is 6.54 Å². The molecule has 2 heterocycles. The molecule has 2 fully saturated rings. The molecule has 0 bridgehead atoms. The van der Waals surface area contributed by atoms with Crippen LogP contribution in [0.3, 0.4) is 0 Å². The maximum atomic E-state index is 13.8. The average Bonchev–Trinajstić information content (AvgIpc) is 3.55. The summed E-state index contributed by atoms with van der Waals surface area (Å²) in [7, 11) is 0. The van der Waals surface area contributed by atoms with Crippen molar-refractivity contribution in [1.82, 2.24) is 9.97 Å². The Kier molecular flexibility index (Phi) is 7.12. The summed E-state index contributed by atoms with van der Waals surface area (Å²) < 4.78 is 13.8. The zero-order chi connectivity index (χ0) is 23.4. The highest BCUT2D eigenvalue weighted by Crippen LogP contribution is 2.32. The van der Waals surface area contributed by atoms with Crippen LogP contribution in [0.15, 0.2) is 52.3 Å². The molecule has 1 atom stereocenters. The van der Waals surface area contributed by atoms with E-state index in [-0.39, 0.29) is 5.91 Å². The summed E-state index contributed by atoms with van der Waals surface area (Å²) in [6.45, 7) is 2.69. The predicted octanol–water partition coefficient (Wildman–Crippen LogP) is 4.17. The van der Waals surface area contributed by atoms with Crippen molar-refractivity contribution < 1.29 is 9.18 Å². The summed E-state index contributed by atoms with van der Waals surface area (Å²) in [6.07, 6.45) is 3.70. The lowest BCUT2D eigenvalue weighted by Crippen LogP contribution is -2.22. The molecule has 2 aliphatic rings. The van der Waals surface area contributed by atoms with E-state index in [9.17, 15) is 9.18 Å². The number of nitrogens with zero attached hydrogens (tertiary/aromatic N) is 3. The minimum absolute atomic E-state index is 0.0423. The molecule has 4 rings (SSSR count). The van der Waals surface area contributed by atoms with Crippen LogP contribution in [0.5, 0.6) is 0 Å². The first-order chi connectivity index (χ1) is 15.9. The maximum Gasteiger partial charge on any atom is 0.224 e. The van der Waals surface area contributed by atoms with Crippen LogP contribution in [0.25, 0.3) is 0 Å². The Morgan fingerprint density at radius 1 is 1.27 bits per heavy atom. The molecule has 174 valence electrons. The lowest BCUT2D eigenvalue weighted by atomic mass is 10.2. The number of nitrogens with two attached hydrogens (primary N) is 1. The van der Waals surface area contributed by atoms with Gasteiger partial charge in [-0.2, -0.15) is 0 Å². The van der Waals surface area contributed by atoms with Crippen LogP contribution in [0.4, 0.5) is 21.7 Å². The van der Waals surface area contributed by atoms with Gasteiger partial charge in [-0.15, -0.1) is 0 Å². The molecule has 33 heavy (non-hydrogen) atoms. The highest BCUT2D eigenvalue weighted by atomic mass is 32.2. The van der Waals surface area contributed by atoms with Gasteiger partial charge in [-0.3, -0.25) is 4.79 Å². The number of amides is 1. The second-order valence-corrected chi connectivity index (χ2v) is 9.25. The Hall–Kier alpha value is -3.14. The van der Waals surface area contributed by atoms with Crippen molar-refractivity contribution in [3.8, 4) is 0 Å². The van der Waals surface area contributed by atoms with E-state index >= 15 is 0 Å². The first kappa shape index (κ1) is 23.0. The van der Waals surface area contributed by atoms with E-state index in [0.717, 1.165) is 23.4 Å². The Labute approximate surface area is 196 Å². The summed E-state index contributed by atoms with van der Waals surface area (Å²) >= 11 is 1.37. The van der Waals surface area contributed by atoms with Crippen molar-refractivity contribution in [1.29, 1.82) is 5.41 Å². The minimum atomic E-state index is -0.873. The lowest BCUT2D eigenvalue weighted by Gasteiger charge is -2.18. The van der Waals surface area contributed by atoms with Crippen molar-refractivity contribution in [2.24, 2.45) is 11.7 Å². The number of alkyl halides is 1. The first-order valence-electron chi connectivity index (χ1n) is 11.1. The van der Waals surface area contributed by atoms with E-state index in [2.05, 4.69) is 20.6 Å². The van der Waals surface area contributed by atoms with Crippen LogP contribution in [0.2, 0.25) is 0 Å². The number of rotatable bonds is 9. The van der Waals surface area contributed by atoms with Crippen LogP contribution in [-0.4, -0.2) is 40.8 Å². The van der Waals surface area contributed by atoms with Crippen molar-refractivity contribution in [3.05, 3.63) is 42.2 Å². The van der Waals surface area contributed by atoms with Crippen molar-refractivity contribution in [3.63, 3.8) is 0 Å². The van der Waals surface area contributed by atoms with Gasteiger partial charge in [0.15, 0.2) is 5.16 Å². The highest BCUT2D eigenvalue weighted by Gasteiger charge is 2.26. The molecule has 10 heteroatoms. The molecule has 1 unspecified atom stereocenters. The number of hydrogen-bond acceptors (Lipinski definition) is 8. The normalized spacial score (nSPS) is 18.3. The Bertz CT molecular complexity index is 1060. The van der Waals surface area contributed by atoms with Gasteiger partial charge in [0.25, 0.3) is 0 Å². The number of allylic oxidation sites excluding steroid dienone is 1. The van der Waals surface area contributed by atoms with E-state index < -0.39 is 6.17 Å². The molecular formula is C23H28FN7OS. The summed E-state index contributed by atoms with van der Waals surface area (Å²) in [4.78, 5) is 23.6. The molecule has 1 amide bonds. The summed E-state index contributed by atoms with van der Waals surface area (Å²) in [5, 5.41) is 14.4. The molecule has 8 nitrogen and oxygen atoms in total. The molecular weight excluding hydrogens is 441 g/mol. The zero-order valence-electron chi connectivity index (χ0n) is 18.5. The SMILES string of the molecule is CCC(=O)Nc1ccc(Sc2nc(N/C(N)=C/C(=N)C3CC3)cc(N3CCC(F)C3)n2)cc1. The van der Waals surface area contributed by atoms with Crippen molar-refractivity contribution in [2.75, 3.05) is 28.6 Å². The van der Waals surface area contributed by atoms with Gasteiger partial charge in [-0.1, -0.05) is 6.92 Å². The smallest absolute Gasteiger partial charge is 0.224 e. The van der Waals surface area contributed by atoms with Crippen LogP contribution in [-0.2, 0) is 4.79 Å². The van der Waals surface area contributed by atoms with E-state index in [1.807, 2.05) is 29.2 Å². The Morgan fingerprint density at radius 3 is 2.67 bits per heavy atom. The third kappa shape index (κ3) is 6.44. The molecule has 5 N–H and O–H groups in total. The van der Waals surface area contributed by atoms with E-state index in [1.165, 1.54) is 11.8 Å². The molecule has 1 saturated carbocycles. The minimum Gasteiger partial charge on any atom is -0.385 e. The number of anilines is 3. The van der Waals surface area contributed by atoms with E-state index in [1.54, 1.807) is 19.1 Å². The second-order valence-electron chi connectivity index (χ2n) is 8.21. The second kappa shape index (κ2) is 10.2. The summed E-state index contributed by atoms with van der Waals surface area (Å²) in [5.74, 6) is 1.72. The van der Waals surface area contributed by atoms with Gasteiger partial charge in [0.2, 0.25) is 5.91 Å². The fourth-order valence-electron chi connectivity index (χ4n) is 3.44. The number of hydrogen-bond donors (Lipinski definition) is 4. The Balaban J connectivity index is 1.53. The van der Waals surface area contributed by atoms with Crippen molar-refractivity contribution >= 4 is 40.7 Å². The molecule has 1 saturated heterocycles. The van der Waals surface area contributed by atoms with Crippen molar-refractivity contribution in [2.45, 2.75) is 48.8 Å². The number of aromatic nitrogens is 2. The molecule has 0 radical (unpaired) electrons. The van der Waals surface area contributed by atoms with Gasteiger partial charge < -0.3 is 26.7 Å². The third-order valence-electron chi connectivity index (χ3n) is 5.42. The quantitative estimate of drug-likeness (QED) is 0.321. The zero-order valence-corrected chi connectivity index (χ0v) is 19.3. The number of carbonyl (C=O) groups excluding carboxylic acids is 1. The fourth-order valence-corrected chi connectivity index (χ4v) is 4.20. The van der Waals surface area contributed by atoms with Gasteiger partial charge >= 0.3 is 0 Å². The lowest BCUT2D eigenvalue weighted by molar-refractivity contribution is -0.115. The molecule has 2 aromatic rings. The number of nitrogens with one attached hydrogen (secondary N) is 3. The van der Waals surface area contributed by atoms with Crippen LogP contribution < -0.4 is 21.3 Å². The van der Waals surface area contributed by atoms with Gasteiger partial charge in [-0.05, 0) is 61.4 Å². The largest absolute Gasteiger partial charge is 0.385 e. The average molecular weight is 470 g/mol. The molecule has 0 spiro atoms. The monoisotopic (exact) mass is 469 g/mol. The van der Waals surface area contributed by atoms with E-state index in [4.69, 9.17) is 11.1 Å². The number of benzene rings is 1. The number of carbonyl (C=O) groups is 1. The standard InChI is InChI=1S/C23H28FN7OS/c1-2-22(32)27-16-5-7-17(8-6-16)33-23-29-20(28-19(26)11-18(25)14-3-4-14)12-21(30-23)31-10-9-15(24)13-31/h5-8,11-12,14-15,25H,2-4,9-10,13,26H2,1H3,(H,27,32)(H,28,29,30)/b19-11+,25-18?. The summed E-state index contributed by atoms with van der Waals surface area (Å²) in [6, 6.07) is 9.19.